The maximum atomic E-state index is 13.5. The van der Waals surface area contributed by atoms with Crippen molar-refractivity contribution in [2.45, 2.75) is 6.18 Å². The first kappa shape index (κ1) is 22.7. The van der Waals surface area contributed by atoms with E-state index in [1.165, 1.54) is 45.3 Å². The van der Waals surface area contributed by atoms with Gasteiger partial charge in [-0.15, -0.1) is 0 Å². The molecule has 1 aromatic carbocycles. The number of nitrogens with zero attached hydrogens (tertiary/aromatic N) is 3. The highest BCUT2D eigenvalue weighted by Gasteiger charge is 2.38. The summed E-state index contributed by atoms with van der Waals surface area (Å²) >= 11 is 0. The maximum Gasteiger partial charge on any atom is 0.434 e. The van der Waals surface area contributed by atoms with Gasteiger partial charge in [-0.2, -0.15) is 13.2 Å². The Hall–Kier alpha value is -3.57. The third-order valence-electron chi connectivity index (χ3n) is 3.87. The topological polar surface area (TPSA) is 103 Å². The zero-order valence-electron chi connectivity index (χ0n) is 16.7. The molecule has 1 amide bonds. The molecule has 2 rings (SSSR count). The molecule has 0 saturated carbocycles. The Morgan fingerprint density at radius 3 is 2.13 bits per heavy atom. The first-order chi connectivity index (χ1) is 14.0. The Morgan fingerprint density at radius 2 is 1.63 bits per heavy atom. The summed E-state index contributed by atoms with van der Waals surface area (Å²) in [6.07, 6.45) is -4.15. The van der Waals surface area contributed by atoms with Crippen molar-refractivity contribution in [3.63, 3.8) is 0 Å². The van der Waals surface area contributed by atoms with Crippen LogP contribution in [0, 0.1) is 0 Å². The lowest BCUT2D eigenvalue weighted by atomic mass is 10.1. The van der Waals surface area contributed by atoms with E-state index in [1.54, 1.807) is 0 Å². The summed E-state index contributed by atoms with van der Waals surface area (Å²) in [6, 6.07) is 2.46. The van der Waals surface area contributed by atoms with Crippen LogP contribution in [0.5, 0.6) is 11.5 Å². The molecule has 0 atom stereocenters. The molecule has 162 valence electrons. The van der Waals surface area contributed by atoms with E-state index in [4.69, 9.17) is 9.47 Å². The number of nitrogens with one attached hydrogen (secondary N) is 1. The Kier molecular flexibility index (Phi) is 6.70. The number of ether oxygens (including phenoxy) is 3. The van der Waals surface area contributed by atoms with E-state index in [9.17, 15) is 22.8 Å². The third kappa shape index (κ3) is 4.70. The van der Waals surface area contributed by atoms with Gasteiger partial charge in [0.25, 0.3) is 5.91 Å². The maximum absolute atomic E-state index is 13.5. The number of carbonyl (C=O) groups excluding carboxylic acids is 2. The fourth-order valence-corrected chi connectivity index (χ4v) is 2.42. The van der Waals surface area contributed by atoms with E-state index in [0.717, 1.165) is 13.3 Å². The van der Waals surface area contributed by atoms with Gasteiger partial charge in [0, 0.05) is 32.4 Å². The molecular formula is C18H19F3N4O5. The average molecular weight is 428 g/mol. The number of esters is 1. The van der Waals surface area contributed by atoms with Gasteiger partial charge in [-0.25, -0.2) is 14.8 Å². The molecule has 30 heavy (non-hydrogen) atoms. The summed E-state index contributed by atoms with van der Waals surface area (Å²) in [7, 11) is 6.68. The molecule has 0 unspecified atom stereocenters. The number of amides is 1. The zero-order valence-corrected chi connectivity index (χ0v) is 16.7. The standard InChI is InChI=1S/C18H19F3N4O5/c1-25(2)17-22-8-10(14(24-17)18(19,20)21)15(26)23-11-7-13(29-4)12(28-3)6-9(11)16(27)30-5/h6-8H,1-5H3,(H,23,26). The van der Waals surface area contributed by atoms with Crippen LogP contribution in [-0.4, -0.2) is 57.3 Å². The molecule has 9 nitrogen and oxygen atoms in total. The second-order valence-corrected chi connectivity index (χ2v) is 6.02. The fraction of sp³-hybridized carbons (Fsp3) is 0.333. The van der Waals surface area contributed by atoms with E-state index >= 15 is 0 Å². The predicted molar refractivity (Wildman–Crippen MR) is 100 cm³/mol. The molecule has 0 radical (unpaired) electrons. The molecule has 1 heterocycles. The van der Waals surface area contributed by atoms with E-state index in [-0.39, 0.29) is 28.7 Å². The lowest BCUT2D eigenvalue weighted by molar-refractivity contribution is -0.141. The molecule has 1 N–H and O–H groups in total. The van der Waals surface area contributed by atoms with Crippen molar-refractivity contribution in [2.75, 3.05) is 45.6 Å². The smallest absolute Gasteiger partial charge is 0.434 e. The summed E-state index contributed by atoms with van der Waals surface area (Å²) in [4.78, 5) is 33.2. The van der Waals surface area contributed by atoms with Crippen molar-refractivity contribution < 1.29 is 37.0 Å². The van der Waals surface area contributed by atoms with Crippen molar-refractivity contribution in [3.05, 3.63) is 35.2 Å². The van der Waals surface area contributed by atoms with Crippen LogP contribution in [0.2, 0.25) is 0 Å². The lowest BCUT2D eigenvalue weighted by Gasteiger charge is -2.17. The number of benzene rings is 1. The number of hydrogen-bond acceptors (Lipinski definition) is 8. The van der Waals surface area contributed by atoms with Gasteiger partial charge < -0.3 is 24.4 Å². The molecule has 12 heteroatoms. The van der Waals surface area contributed by atoms with Crippen LogP contribution in [0.1, 0.15) is 26.4 Å². The van der Waals surface area contributed by atoms with Gasteiger partial charge in [0.2, 0.25) is 5.95 Å². The van der Waals surface area contributed by atoms with Crippen LogP contribution in [0.25, 0.3) is 0 Å². The first-order valence-corrected chi connectivity index (χ1v) is 8.30. The Labute approximate surface area is 169 Å². The molecule has 0 aliphatic rings. The van der Waals surface area contributed by atoms with Gasteiger partial charge >= 0.3 is 12.1 Å². The quantitative estimate of drug-likeness (QED) is 0.701. The third-order valence-corrected chi connectivity index (χ3v) is 3.87. The zero-order chi connectivity index (χ0) is 22.6. The number of alkyl halides is 3. The van der Waals surface area contributed by atoms with Crippen molar-refractivity contribution >= 4 is 23.5 Å². The molecule has 0 aliphatic heterocycles. The largest absolute Gasteiger partial charge is 0.493 e. The van der Waals surface area contributed by atoms with Crippen molar-refractivity contribution in [2.24, 2.45) is 0 Å². The minimum atomic E-state index is -4.91. The molecule has 0 bridgehead atoms. The number of anilines is 2. The van der Waals surface area contributed by atoms with E-state index < -0.39 is 29.3 Å². The Morgan fingerprint density at radius 1 is 1.03 bits per heavy atom. The Balaban J connectivity index is 2.56. The first-order valence-electron chi connectivity index (χ1n) is 8.30. The highest BCUT2D eigenvalue weighted by molar-refractivity contribution is 6.09. The molecule has 0 aliphatic carbocycles. The van der Waals surface area contributed by atoms with Crippen LogP contribution < -0.4 is 19.7 Å². The van der Waals surface area contributed by atoms with Gasteiger partial charge in [0.15, 0.2) is 17.2 Å². The number of hydrogen-bond donors (Lipinski definition) is 1. The van der Waals surface area contributed by atoms with E-state index in [2.05, 4.69) is 20.0 Å². The molecule has 1 aromatic heterocycles. The Bertz CT molecular complexity index is 964. The van der Waals surface area contributed by atoms with Gasteiger partial charge in [-0.1, -0.05) is 0 Å². The van der Waals surface area contributed by atoms with Crippen LogP contribution in [0.15, 0.2) is 18.3 Å². The van der Waals surface area contributed by atoms with E-state index in [0.29, 0.717) is 0 Å². The molecule has 0 fully saturated rings. The molecular weight excluding hydrogens is 409 g/mol. The number of halogens is 3. The fourth-order valence-electron chi connectivity index (χ4n) is 2.42. The van der Waals surface area contributed by atoms with Crippen LogP contribution >= 0.6 is 0 Å². The minimum absolute atomic E-state index is 0.135. The van der Waals surface area contributed by atoms with E-state index in [1.807, 2.05) is 0 Å². The summed E-state index contributed by atoms with van der Waals surface area (Å²) < 4.78 is 55.3. The molecule has 0 spiro atoms. The summed E-state index contributed by atoms with van der Waals surface area (Å²) in [5, 5.41) is 2.26. The lowest BCUT2D eigenvalue weighted by Crippen LogP contribution is -2.24. The number of carbonyl (C=O) groups is 2. The van der Waals surface area contributed by atoms with Crippen LogP contribution in [-0.2, 0) is 10.9 Å². The molecule has 0 saturated heterocycles. The monoisotopic (exact) mass is 428 g/mol. The summed E-state index contributed by atoms with van der Waals surface area (Å²) in [5.74, 6) is -1.95. The highest BCUT2D eigenvalue weighted by Crippen LogP contribution is 2.35. The number of rotatable bonds is 6. The van der Waals surface area contributed by atoms with Crippen LogP contribution in [0.3, 0.4) is 0 Å². The van der Waals surface area contributed by atoms with Crippen molar-refractivity contribution in [1.29, 1.82) is 0 Å². The highest BCUT2D eigenvalue weighted by atomic mass is 19.4. The van der Waals surface area contributed by atoms with Gasteiger partial charge in [-0.3, -0.25) is 4.79 Å². The second-order valence-electron chi connectivity index (χ2n) is 6.02. The SMILES string of the molecule is COC(=O)c1cc(OC)c(OC)cc1NC(=O)c1cnc(N(C)C)nc1C(F)(F)F. The van der Waals surface area contributed by atoms with Crippen LogP contribution in [0.4, 0.5) is 24.8 Å². The van der Waals surface area contributed by atoms with Gasteiger partial charge in [0.1, 0.15) is 0 Å². The summed E-state index contributed by atoms with van der Waals surface area (Å²) in [5.41, 5.74) is -2.53. The normalized spacial score (nSPS) is 10.9. The predicted octanol–water partition coefficient (Wildman–Crippen LogP) is 2.62. The van der Waals surface area contributed by atoms with Gasteiger partial charge in [-0.05, 0) is 0 Å². The number of methoxy groups -OCH3 is 3. The van der Waals surface area contributed by atoms with Crippen molar-refractivity contribution in [3.8, 4) is 11.5 Å². The summed E-state index contributed by atoms with van der Waals surface area (Å²) in [6.45, 7) is 0. The molecule has 2 aromatic rings. The second kappa shape index (κ2) is 8.84. The minimum Gasteiger partial charge on any atom is -0.493 e. The van der Waals surface area contributed by atoms with Crippen molar-refractivity contribution in [1.82, 2.24) is 9.97 Å². The van der Waals surface area contributed by atoms with Gasteiger partial charge in [0.05, 0.1) is 38.1 Å². The number of aromatic nitrogens is 2. The average Bonchev–Trinajstić information content (AvgIpc) is 2.71.